The second kappa shape index (κ2) is 9.22. The van der Waals surface area contributed by atoms with Gasteiger partial charge in [-0.25, -0.2) is 4.79 Å². The molecule has 3 N–H and O–H groups in total. The largest absolute Gasteiger partial charge is 0.412 e. The van der Waals surface area contributed by atoms with Crippen molar-refractivity contribution in [1.29, 1.82) is 0 Å². The van der Waals surface area contributed by atoms with E-state index in [1.54, 1.807) is 20.8 Å². The van der Waals surface area contributed by atoms with Gasteiger partial charge in [0.05, 0.1) is 26.4 Å². The first-order valence-corrected chi connectivity index (χ1v) is 8.21. The van der Waals surface area contributed by atoms with Gasteiger partial charge in [0, 0.05) is 11.8 Å². The van der Waals surface area contributed by atoms with Crippen molar-refractivity contribution in [2.24, 2.45) is 0 Å². The van der Waals surface area contributed by atoms with E-state index < -0.39 is 24.2 Å². The smallest absolute Gasteiger partial charge is 0.383 e. The summed E-state index contributed by atoms with van der Waals surface area (Å²) in [6.07, 6.45) is -1.26. The summed E-state index contributed by atoms with van der Waals surface area (Å²) in [5.74, 6) is 0.103. The number of aromatic amines is 1. The van der Waals surface area contributed by atoms with Crippen LogP contribution in [0.3, 0.4) is 0 Å². The number of rotatable bonds is 10. The van der Waals surface area contributed by atoms with Crippen LogP contribution in [0, 0.1) is 0 Å². The lowest BCUT2D eigenvalue weighted by molar-refractivity contribution is -0.501. The maximum absolute atomic E-state index is 11.1. The van der Waals surface area contributed by atoms with Gasteiger partial charge in [-0.05, 0) is 20.8 Å². The molecule has 10 heteroatoms. The van der Waals surface area contributed by atoms with Crippen LogP contribution in [0.15, 0.2) is 11.0 Å². The molecule has 0 amide bonds. The fourth-order valence-corrected chi connectivity index (χ4v) is 2.33. The number of hydrogen-bond acceptors (Lipinski definition) is 9. The van der Waals surface area contributed by atoms with Crippen LogP contribution in [0.2, 0.25) is 0 Å². The summed E-state index contributed by atoms with van der Waals surface area (Å²) in [7, 11) is 0. The number of hydrogen-bond donors (Lipinski definition) is 2. The third kappa shape index (κ3) is 5.21. The molecule has 0 spiro atoms. The van der Waals surface area contributed by atoms with Gasteiger partial charge in [0.15, 0.2) is 6.29 Å². The number of nitrogen functional groups attached to an aromatic ring is 1. The molecular formula is C15H25N3O7. The van der Waals surface area contributed by atoms with Crippen molar-refractivity contribution in [3.63, 3.8) is 0 Å². The third-order valence-electron chi connectivity index (χ3n) is 3.32. The maximum atomic E-state index is 11.1. The predicted octanol–water partition coefficient (Wildman–Crippen LogP) is 0.504. The summed E-state index contributed by atoms with van der Waals surface area (Å²) in [4.78, 5) is 17.2. The molecule has 1 aliphatic rings. The van der Waals surface area contributed by atoms with Crippen LogP contribution < -0.4 is 11.4 Å². The van der Waals surface area contributed by atoms with Crippen LogP contribution in [-0.4, -0.2) is 55.5 Å². The quantitative estimate of drug-likeness (QED) is 0.574. The van der Waals surface area contributed by atoms with Gasteiger partial charge in [-0.2, -0.15) is 4.98 Å². The topological polar surface area (TPSA) is 127 Å². The number of aromatic nitrogens is 2. The van der Waals surface area contributed by atoms with E-state index in [0.29, 0.717) is 25.4 Å². The van der Waals surface area contributed by atoms with E-state index in [9.17, 15) is 4.79 Å². The first kappa shape index (κ1) is 19.8. The third-order valence-corrected chi connectivity index (χ3v) is 3.32. The van der Waals surface area contributed by atoms with E-state index in [0.717, 1.165) is 0 Å². The SMILES string of the molecule is CCOC(OCC)(OCC)OCC1OCC(c2c[nH]c(=O)nc2N)O1. The molecule has 1 fully saturated rings. The summed E-state index contributed by atoms with van der Waals surface area (Å²) >= 11 is 0. The summed E-state index contributed by atoms with van der Waals surface area (Å²) in [6, 6.07) is 0. The molecule has 0 radical (unpaired) electrons. The van der Waals surface area contributed by atoms with Gasteiger partial charge in [-0.3, -0.25) is 4.74 Å². The highest BCUT2D eigenvalue weighted by Crippen LogP contribution is 2.29. The zero-order valence-electron chi connectivity index (χ0n) is 14.6. The van der Waals surface area contributed by atoms with E-state index in [1.165, 1.54) is 6.20 Å². The second-order valence-electron chi connectivity index (χ2n) is 5.04. The van der Waals surface area contributed by atoms with Crippen molar-refractivity contribution in [3.8, 4) is 0 Å². The fraction of sp³-hybridized carbons (Fsp3) is 0.733. The van der Waals surface area contributed by atoms with Gasteiger partial charge >= 0.3 is 11.8 Å². The van der Waals surface area contributed by atoms with Crippen LogP contribution in [0.25, 0.3) is 0 Å². The highest BCUT2D eigenvalue weighted by molar-refractivity contribution is 5.38. The highest BCUT2D eigenvalue weighted by atomic mass is 17.0. The summed E-state index contributed by atoms with van der Waals surface area (Å²) in [5.41, 5.74) is 5.78. The Labute approximate surface area is 145 Å². The molecule has 0 bridgehead atoms. The number of anilines is 1. The molecule has 1 aliphatic heterocycles. The van der Waals surface area contributed by atoms with Gasteiger partial charge in [0.25, 0.3) is 0 Å². The average Bonchev–Trinajstić information content (AvgIpc) is 3.02. The van der Waals surface area contributed by atoms with E-state index in [-0.39, 0.29) is 19.0 Å². The lowest BCUT2D eigenvalue weighted by Gasteiger charge is -2.31. The minimum absolute atomic E-state index is 0.0210. The lowest BCUT2D eigenvalue weighted by atomic mass is 10.2. The van der Waals surface area contributed by atoms with Crippen molar-refractivity contribution in [2.45, 2.75) is 39.3 Å². The molecule has 0 aliphatic carbocycles. The molecule has 2 heterocycles. The minimum Gasteiger partial charge on any atom is -0.383 e. The number of H-pyrrole nitrogens is 1. The van der Waals surface area contributed by atoms with Crippen LogP contribution >= 0.6 is 0 Å². The van der Waals surface area contributed by atoms with Gasteiger partial charge in [0.1, 0.15) is 18.5 Å². The zero-order chi connectivity index (χ0) is 18.3. The summed E-state index contributed by atoms with van der Waals surface area (Å²) in [6.45, 7) is 6.71. The Hall–Kier alpha value is -1.56. The summed E-state index contributed by atoms with van der Waals surface area (Å²) < 4.78 is 33.3. The monoisotopic (exact) mass is 359 g/mol. The Balaban J connectivity index is 1.96. The van der Waals surface area contributed by atoms with E-state index >= 15 is 0 Å². The number of ether oxygens (including phenoxy) is 6. The molecule has 1 aromatic rings. The van der Waals surface area contributed by atoms with Crippen molar-refractivity contribution < 1.29 is 28.4 Å². The van der Waals surface area contributed by atoms with E-state index in [1.807, 2.05) is 0 Å². The molecule has 2 unspecified atom stereocenters. The lowest BCUT2D eigenvalue weighted by Crippen LogP contribution is -2.44. The average molecular weight is 359 g/mol. The second-order valence-corrected chi connectivity index (χ2v) is 5.04. The molecule has 1 aromatic heterocycles. The van der Waals surface area contributed by atoms with E-state index in [4.69, 9.17) is 34.2 Å². The Morgan fingerprint density at radius 2 is 1.88 bits per heavy atom. The van der Waals surface area contributed by atoms with Crippen molar-refractivity contribution in [2.75, 3.05) is 38.8 Å². The maximum Gasteiger partial charge on any atom is 0.412 e. The van der Waals surface area contributed by atoms with Crippen molar-refractivity contribution in [1.82, 2.24) is 9.97 Å². The Bertz CT molecular complexity index is 578. The van der Waals surface area contributed by atoms with Crippen LogP contribution in [0.4, 0.5) is 5.82 Å². The zero-order valence-corrected chi connectivity index (χ0v) is 14.6. The molecular weight excluding hydrogens is 334 g/mol. The Kier molecular flexibility index (Phi) is 7.29. The van der Waals surface area contributed by atoms with Gasteiger partial charge in [-0.15, -0.1) is 0 Å². The van der Waals surface area contributed by atoms with Gasteiger partial charge < -0.3 is 34.4 Å². The van der Waals surface area contributed by atoms with Crippen LogP contribution in [-0.2, 0) is 28.4 Å². The Morgan fingerprint density at radius 1 is 1.24 bits per heavy atom. The van der Waals surface area contributed by atoms with Gasteiger partial charge in [-0.1, -0.05) is 0 Å². The normalized spacial score (nSPS) is 20.9. The minimum atomic E-state index is -1.60. The molecule has 10 nitrogen and oxygen atoms in total. The van der Waals surface area contributed by atoms with E-state index in [2.05, 4.69) is 9.97 Å². The number of nitrogens with two attached hydrogens (primary N) is 1. The summed E-state index contributed by atoms with van der Waals surface area (Å²) in [5, 5.41) is 0. The molecule has 1 saturated heterocycles. The fourth-order valence-electron chi connectivity index (χ4n) is 2.33. The van der Waals surface area contributed by atoms with Gasteiger partial charge in [0.2, 0.25) is 0 Å². The molecule has 25 heavy (non-hydrogen) atoms. The molecule has 0 saturated carbocycles. The number of nitrogens with one attached hydrogen (secondary N) is 1. The van der Waals surface area contributed by atoms with Crippen molar-refractivity contribution >= 4 is 5.82 Å². The standard InChI is InChI=1S/C15H25N3O7/c1-4-21-15(22-5-2,23-6-3)24-9-12-20-8-11(25-12)10-7-17-14(19)18-13(10)16/h7,11-12H,4-6,8-9H2,1-3H3,(H3,16,17,18,19). The Morgan fingerprint density at radius 3 is 2.44 bits per heavy atom. The molecule has 2 rings (SSSR count). The first-order valence-electron chi connectivity index (χ1n) is 8.21. The molecule has 2 atom stereocenters. The number of nitrogens with zero attached hydrogens (tertiary/aromatic N) is 1. The molecule has 142 valence electrons. The predicted molar refractivity (Wildman–Crippen MR) is 86.4 cm³/mol. The first-order chi connectivity index (χ1) is 12.0. The van der Waals surface area contributed by atoms with Crippen molar-refractivity contribution in [3.05, 3.63) is 22.2 Å². The molecule has 0 aromatic carbocycles. The van der Waals surface area contributed by atoms with Crippen LogP contribution in [0.1, 0.15) is 32.4 Å². The van der Waals surface area contributed by atoms with Crippen LogP contribution in [0.5, 0.6) is 0 Å². The highest BCUT2D eigenvalue weighted by Gasteiger charge is 2.38.